The fourth-order valence-electron chi connectivity index (χ4n) is 2.87. The van der Waals surface area contributed by atoms with Crippen molar-refractivity contribution in [2.24, 2.45) is 5.92 Å². The first-order valence-corrected chi connectivity index (χ1v) is 8.59. The molecule has 4 nitrogen and oxygen atoms in total. The molecule has 1 aliphatic carbocycles. The average molecular weight is 357 g/mol. The van der Waals surface area contributed by atoms with Gasteiger partial charge in [0.15, 0.2) is 11.6 Å². The molecule has 1 aromatic carbocycles. The van der Waals surface area contributed by atoms with Crippen LogP contribution in [0.4, 0.5) is 4.39 Å². The molecule has 2 atom stereocenters. The topological polar surface area (TPSA) is 50.4 Å². The minimum Gasteiger partial charge on any atom is -0.490 e. The van der Waals surface area contributed by atoms with Gasteiger partial charge in [-0.2, -0.15) is 0 Å². The molecule has 2 N–H and O–H groups in total. The Bertz CT molecular complexity index is 560. The molecule has 1 saturated carbocycles. The zero-order valence-electron chi connectivity index (χ0n) is 14.0. The molecule has 1 aliphatic heterocycles. The summed E-state index contributed by atoms with van der Waals surface area (Å²) in [4.78, 5) is 12.2. The Morgan fingerprint density at radius 1 is 1.38 bits per heavy atom. The molecule has 134 valence electrons. The third-order valence-electron chi connectivity index (χ3n) is 4.61. The first-order valence-electron chi connectivity index (χ1n) is 8.59. The van der Waals surface area contributed by atoms with Crippen molar-refractivity contribution >= 4 is 18.3 Å². The number of rotatable bonds is 6. The van der Waals surface area contributed by atoms with Crippen LogP contribution in [0.25, 0.3) is 0 Å². The summed E-state index contributed by atoms with van der Waals surface area (Å²) in [6.07, 6.45) is 5.41. The van der Waals surface area contributed by atoms with E-state index in [2.05, 4.69) is 10.6 Å². The van der Waals surface area contributed by atoms with E-state index in [-0.39, 0.29) is 36.2 Å². The lowest BCUT2D eigenvalue weighted by molar-refractivity contribution is -0.124. The van der Waals surface area contributed by atoms with E-state index in [1.54, 1.807) is 6.07 Å². The molecule has 24 heavy (non-hydrogen) atoms. The summed E-state index contributed by atoms with van der Waals surface area (Å²) in [7, 11) is 0. The van der Waals surface area contributed by atoms with E-state index in [0.717, 1.165) is 31.4 Å². The molecule has 3 rings (SSSR count). The van der Waals surface area contributed by atoms with Crippen LogP contribution in [0.15, 0.2) is 18.2 Å². The van der Waals surface area contributed by atoms with Crippen molar-refractivity contribution in [1.82, 2.24) is 10.6 Å². The molecule has 6 heteroatoms. The van der Waals surface area contributed by atoms with Crippen molar-refractivity contribution in [3.63, 3.8) is 0 Å². The summed E-state index contributed by atoms with van der Waals surface area (Å²) >= 11 is 0. The molecule has 0 aromatic heterocycles. The quantitative estimate of drug-likeness (QED) is 0.821. The van der Waals surface area contributed by atoms with Gasteiger partial charge in [-0.3, -0.25) is 4.79 Å². The summed E-state index contributed by atoms with van der Waals surface area (Å²) in [6, 6.07) is 4.59. The summed E-state index contributed by atoms with van der Waals surface area (Å²) in [6.45, 7) is 3.35. The summed E-state index contributed by atoms with van der Waals surface area (Å²) < 4.78 is 19.6. The Hall–Kier alpha value is -1.33. The van der Waals surface area contributed by atoms with Crippen LogP contribution in [-0.4, -0.2) is 25.1 Å². The Kier molecular flexibility index (Phi) is 6.87. The number of nitrogens with one attached hydrogen (secondary N) is 2. The lowest BCUT2D eigenvalue weighted by Crippen LogP contribution is -2.47. The van der Waals surface area contributed by atoms with E-state index in [1.165, 1.54) is 18.9 Å². The van der Waals surface area contributed by atoms with E-state index in [9.17, 15) is 9.18 Å². The fourth-order valence-corrected chi connectivity index (χ4v) is 2.87. The van der Waals surface area contributed by atoms with Crippen molar-refractivity contribution in [1.29, 1.82) is 0 Å². The van der Waals surface area contributed by atoms with Gasteiger partial charge in [0.05, 0.1) is 18.7 Å². The van der Waals surface area contributed by atoms with Crippen LogP contribution in [0, 0.1) is 11.7 Å². The van der Waals surface area contributed by atoms with Gasteiger partial charge in [0, 0.05) is 0 Å². The predicted octanol–water partition coefficient (Wildman–Crippen LogP) is 3.36. The third kappa shape index (κ3) is 5.08. The molecular formula is C18H26ClFN2O2. The highest BCUT2D eigenvalue weighted by Gasteiger charge is 2.24. The van der Waals surface area contributed by atoms with Gasteiger partial charge in [-0.05, 0) is 62.8 Å². The van der Waals surface area contributed by atoms with Crippen LogP contribution in [0.2, 0.25) is 0 Å². The van der Waals surface area contributed by atoms with Gasteiger partial charge in [-0.1, -0.05) is 12.5 Å². The molecule has 0 radical (unpaired) electrons. The van der Waals surface area contributed by atoms with Gasteiger partial charge >= 0.3 is 0 Å². The van der Waals surface area contributed by atoms with Crippen molar-refractivity contribution in [3.8, 4) is 5.75 Å². The van der Waals surface area contributed by atoms with E-state index in [0.29, 0.717) is 18.3 Å². The van der Waals surface area contributed by atoms with E-state index in [1.807, 2.05) is 13.0 Å². The third-order valence-corrected chi connectivity index (χ3v) is 4.61. The second kappa shape index (κ2) is 8.67. The zero-order valence-corrected chi connectivity index (χ0v) is 14.8. The second-order valence-electron chi connectivity index (χ2n) is 6.68. The summed E-state index contributed by atoms with van der Waals surface area (Å²) in [5.41, 5.74) is 0.755. The smallest absolute Gasteiger partial charge is 0.237 e. The normalized spacial score (nSPS) is 21.5. The number of hydrogen-bond donors (Lipinski definition) is 2. The van der Waals surface area contributed by atoms with Crippen LogP contribution < -0.4 is 15.4 Å². The van der Waals surface area contributed by atoms with Gasteiger partial charge < -0.3 is 15.4 Å². The first-order chi connectivity index (χ1) is 11.1. The lowest BCUT2D eigenvalue weighted by atomic mass is 10.0. The molecule has 1 aromatic rings. The minimum absolute atomic E-state index is 0. The van der Waals surface area contributed by atoms with Crippen LogP contribution in [-0.2, 0) is 4.79 Å². The molecule has 1 heterocycles. The largest absolute Gasteiger partial charge is 0.490 e. The van der Waals surface area contributed by atoms with Crippen LogP contribution in [0.5, 0.6) is 5.75 Å². The molecule has 1 saturated heterocycles. The van der Waals surface area contributed by atoms with Gasteiger partial charge in [-0.15, -0.1) is 12.4 Å². The highest BCUT2D eigenvalue weighted by atomic mass is 35.5. The molecule has 2 unspecified atom stereocenters. The second-order valence-corrected chi connectivity index (χ2v) is 6.68. The maximum Gasteiger partial charge on any atom is 0.237 e. The lowest BCUT2D eigenvalue weighted by Gasteiger charge is -2.24. The number of carbonyl (C=O) groups excluding carboxylic acids is 1. The van der Waals surface area contributed by atoms with Gasteiger partial charge in [0.25, 0.3) is 0 Å². The SMILES string of the molecule is CC(NC(=O)C1CCCCN1)c1ccc(OCC2CC2)c(F)c1.Cl. The Morgan fingerprint density at radius 3 is 2.79 bits per heavy atom. The van der Waals surface area contributed by atoms with Crippen molar-refractivity contribution in [2.75, 3.05) is 13.2 Å². The number of benzene rings is 1. The Balaban J connectivity index is 0.00000208. The van der Waals surface area contributed by atoms with E-state index in [4.69, 9.17) is 4.74 Å². The summed E-state index contributed by atoms with van der Waals surface area (Å²) in [5, 5.41) is 6.19. The molecule has 2 aliphatic rings. The zero-order chi connectivity index (χ0) is 16.2. The highest BCUT2D eigenvalue weighted by Crippen LogP contribution is 2.30. The number of ether oxygens (including phenoxy) is 1. The fraction of sp³-hybridized carbons (Fsp3) is 0.611. The summed E-state index contributed by atoms with van der Waals surface area (Å²) in [5.74, 6) is 0.523. The maximum atomic E-state index is 14.1. The number of carbonyl (C=O) groups is 1. The van der Waals surface area contributed by atoms with Crippen LogP contribution in [0.3, 0.4) is 0 Å². The van der Waals surface area contributed by atoms with Gasteiger partial charge in [0.2, 0.25) is 5.91 Å². The monoisotopic (exact) mass is 356 g/mol. The van der Waals surface area contributed by atoms with E-state index >= 15 is 0 Å². The predicted molar refractivity (Wildman–Crippen MR) is 94.1 cm³/mol. The maximum absolute atomic E-state index is 14.1. The van der Waals surface area contributed by atoms with Gasteiger partial charge in [-0.25, -0.2) is 4.39 Å². The molecule has 0 spiro atoms. The van der Waals surface area contributed by atoms with Crippen LogP contribution in [0.1, 0.15) is 50.6 Å². The average Bonchev–Trinajstić information content (AvgIpc) is 3.38. The number of halogens is 2. The Morgan fingerprint density at radius 2 is 2.17 bits per heavy atom. The Labute approximate surface area is 148 Å². The van der Waals surface area contributed by atoms with Gasteiger partial charge in [0.1, 0.15) is 0 Å². The minimum atomic E-state index is -0.361. The van der Waals surface area contributed by atoms with Crippen LogP contribution >= 0.6 is 12.4 Å². The number of amides is 1. The molecular weight excluding hydrogens is 331 g/mol. The van der Waals surface area contributed by atoms with Crippen molar-refractivity contribution < 1.29 is 13.9 Å². The number of piperidine rings is 1. The standard InChI is InChI=1S/C18H25FN2O2.ClH/c1-12(21-18(22)16-4-2-3-9-20-16)14-7-8-17(15(19)10-14)23-11-13-5-6-13;/h7-8,10,12-13,16,20H,2-6,9,11H2,1H3,(H,21,22);1H. The highest BCUT2D eigenvalue weighted by molar-refractivity contribution is 5.85. The molecule has 1 amide bonds. The number of hydrogen-bond acceptors (Lipinski definition) is 3. The molecule has 2 fully saturated rings. The molecule has 0 bridgehead atoms. The first kappa shape index (κ1) is 19.0. The van der Waals surface area contributed by atoms with Crippen molar-refractivity contribution in [2.45, 2.75) is 51.1 Å². The van der Waals surface area contributed by atoms with Crippen molar-refractivity contribution in [3.05, 3.63) is 29.6 Å². The van der Waals surface area contributed by atoms with E-state index < -0.39 is 0 Å².